The van der Waals surface area contributed by atoms with Gasteiger partial charge in [-0.3, -0.25) is 14.4 Å². The van der Waals surface area contributed by atoms with Crippen LogP contribution in [0.15, 0.2) is 79.0 Å². The molecule has 41 heavy (non-hydrogen) atoms. The molecule has 4 aromatic rings. The second-order valence-electron chi connectivity index (χ2n) is 9.93. The molecule has 0 bridgehead atoms. The van der Waals surface area contributed by atoms with Gasteiger partial charge in [-0.05, 0) is 46.5 Å². The van der Waals surface area contributed by atoms with Gasteiger partial charge in [0, 0.05) is 36.6 Å². The second kappa shape index (κ2) is 12.1. The van der Waals surface area contributed by atoms with Crippen molar-refractivity contribution >= 4 is 34.4 Å². The molecule has 2 aliphatic heterocycles. The molecule has 10 heteroatoms. The molecule has 2 fully saturated rings. The molecule has 0 spiro atoms. The minimum Gasteiger partial charge on any atom is -0.378 e. The van der Waals surface area contributed by atoms with Crippen LogP contribution in [0.1, 0.15) is 27.8 Å². The lowest BCUT2D eigenvalue weighted by Gasteiger charge is -2.25. The predicted octanol–water partition coefficient (Wildman–Crippen LogP) is 4.26. The van der Waals surface area contributed by atoms with Crippen LogP contribution in [0.5, 0.6) is 0 Å². The number of nitrogens with one attached hydrogen (secondary N) is 3. The van der Waals surface area contributed by atoms with Crippen molar-refractivity contribution in [3.05, 3.63) is 95.9 Å². The van der Waals surface area contributed by atoms with Gasteiger partial charge in [-0.1, -0.05) is 60.3 Å². The minimum atomic E-state index is -0.451. The first kappa shape index (κ1) is 26.9. The maximum atomic E-state index is 12.8. The van der Waals surface area contributed by atoms with Crippen LogP contribution in [-0.2, 0) is 20.9 Å². The van der Waals surface area contributed by atoms with Crippen LogP contribution in [0.4, 0.5) is 5.69 Å². The van der Waals surface area contributed by atoms with E-state index in [0.717, 1.165) is 58.7 Å². The van der Waals surface area contributed by atoms with E-state index in [4.69, 9.17) is 4.74 Å². The molecule has 208 valence electrons. The van der Waals surface area contributed by atoms with Gasteiger partial charge >= 0.3 is 5.91 Å². The first-order chi connectivity index (χ1) is 20.0. The van der Waals surface area contributed by atoms with Crippen molar-refractivity contribution < 1.29 is 19.1 Å². The number of benzene rings is 3. The SMILES string of the molecule is O=C1SCCN(Cc2ccc(NC(=O)c3ccc(-c4ccc(-c5cnc([C@@H]6COCCN6)[nH]5)cc4)cc3)cc2)C1=O. The summed E-state index contributed by atoms with van der Waals surface area (Å²) < 4.78 is 5.53. The van der Waals surface area contributed by atoms with E-state index in [2.05, 4.69) is 44.9 Å². The third-order valence-electron chi connectivity index (χ3n) is 7.16. The highest BCUT2D eigenvalue weighted by Crippen LogP contribution is 2.26. The van der Waals surface area contributed by atoms with E-state index in [-0.39, 0.29) is 11.9 Å². The number of amides is 2. The Balaban J connectivity index is 1.05. The molecule has 1 aromatic heterocycles. The second-order valence-corrected chi connectivity index (χ2v) is 11.0. The van der Waals surface area contributed by atoms with Crippen molar-refractivity contribution in [2.75, 3.05) is 37.4 Å². The molecule has 0 radical (unpaired) electrons. The number of hydrogen-bond acceptors (Lipinski definition) is 7. The number of imidazole rings is 1. The van der Waals surface area contributed by atoms with Gasteiger partial charge in [0.25, 0.3) is 11.0 Å². The van der Waals surface area contributed by atoms with Gasteiger partial charge in [0.2, 0.25) is 0 Å². The molecule has 3 aromatic carbocycles. The van der Waals surface area contributed by atoms with Crippen LogP contribution in [0.3, 0.4) is 0 Å². The summed E-state index contributed by atoms with van der Waals surface area (Å²) in [5.74, 6) is 0.831. The Bertz CT molecular complexity index is 1540. The number of aromatic amines is 1. The number of aromatic nitrogens is 2. The summed E-state index contributed by atoms with van der Waals surface area (Å²) in [6, 6.07) is 23.1. The Morgan fingerprint density at radius 3 is 2.39 bits per heavy atom. The maximum absolute atomic E-state index is 12.8. The van der Waals surface area contributed by atoms with Gasteiger partial charge < -0.3 is 25.3 Å². The topological polar surface area (TPSA) is 116 Å². The first-order valence-corrected chi connectivity index (χ1v) is 14.5. The van der Waals surface area contributed by atoms with Crippen molar-refractivity contribution in [1.82, 2.24) is 20.2 Å². The van der Waals surface area contributed by atoms with Gasteiger partial charge in [0.05, 0.1) is 31.1 Å². The lowest BCUT2D eigenvalue weighted by atomic mass is 10.0. The van der Waals surface area contributed by atoms with Gasteiger partial charge in [0.1, 0.15) is 5.82 Å². The van der Waals surface area contributed by atoms with Gasteiger partial charge in [-0.25, -0.2) is 4.98 Å². The molecule has 0 aliphatic carbocycles. The number of anilines is 1. The zero-order valence-electron chi connectivity index (χ0n) is 22.3. The Morgan fingerprint density at radius 2 is 1.68 bits per heavy atom. The fraction of sp³-hybridized carbons (Fsp3) is 0.226. The molecule has 1 atom stereocenters. The molecule has 0 saturated carbocycles. The van der Waals surface area contributed by atoms with E-state index >= 15 is 0 Å². The summed E-state index contributed by atoms with van der Waals surface area (Å²) >= 11 is 1.07. The van der Waals surface area contributed by atoms with Gasteiger partial charge in [0.15, 0.2) is 0 Å². The molecule has 3 heterocycles. The fourth-order valence-corrected chi connectivity index (χ4v) is 5.62. The summed E-state index contributed by atoms with van der Waals surface area (Å²) in [5.41, 5.74) is 6.16. The lowest BCUT2D eigenvalue weighted by molar-refractivity contribution is -0.141. The molecule has 6 rings (SSSR count). The third-order valence-corrected chi connectivity index (χ3v) is 7.99. The fourth-order valence-electron chi connectivity index (χ4n) is 4.87. The Hall–Kier alpha value is -4.25. The van der Waals surface area contributed by atoms with Gasteiger partial charge in [-0.15, -0.1) is 0 Å². The number of nitrogens with zero attached hydrogens (tertiary/aromatic N) is 2. The van der Waals surface area contributed by atoms with Crippen LogP contribution in [0.2, 0.25) is 0 Å². The number of carbonyl (C=O) groups is 3. The van der Waals surface area contributed by atoms with E-state index in [0.29, 0.717) is 36.7 Å². The highest BCUT2D eigenvalue weighted by atomic mass is 32.2. The number of H-pyrrole nitrogens is 1. The van der Waals surface area contributed by atoms with Crippen LogP contribution in [-0.4, -0.2) is 63.9 Å². The number of hydrogen-bond donors (Lipinski definition) is 3. The van der Waals surface area contributed by atoms with E-state index < -0.39 is 11.0 Å². The zero-order chi connectivity index (χ0) is 28.2. The number of ether oxygens (including phenoxy) is 1. The highest BCUT2D eigenvalue weighted by Gasteiger charge is 2.27. The number of carbonyl (C=O) groups excluding carboxylic acids is 3. The Morgan fingerprint density at radius 1 is 0.976 bits per heavy atom. The number of rotatable bonds is 7. The standard InChI is InChI=1S/C31H29N5O4S/c37-29(34-25-11-1-20(2-12-25)18-36-14-16-41-31(39)30(36)38)24-9-5-22(6-10-24)21-3-7-23(8-4-21)26-17-33-28(35-26)27-19-40-15-13-32-27/h1-12,17,27,32H,13-16,18-19H2,(H,33,35)(H,34,37)/t27-/m0/s1. The molecule has 3 N–H and O–H groups in total. The third kappa shape index (κ3) is 6.25. The minimum absolute atomic E-state index is 0.0793. The summed E-state index contributed by atoms with van der Waals surface area (Å²) in [4.78, 5) is 46.0. The summed E-state index contributed by atoms with van der Waals surface area (Å²) in [7, 11) is 0. The molecule has 2 saturated heterocycles. The normalized spacial score (nSPS) is 17.5. The van der Waals surface area contributed by atoms with Crippen LogP contribution < -0.4 is 10.6 Å². The number of thioether (sulfide) groups is 1. The molecular formula is C31H29N5O4S. The van der Waals surface area contributed by atoms with Crippen LogP contribution in [0, 0.1) is 0 Å². The van der Waals surface area contributed by atoms with E-state index in [1.807, 2.05) is 42.6 Å². The van der Waals surface area contributed by atoms with E-state index in [1.165, 1.54) is 0 Å². The van der Waals surface area contributed by atoms with Crippen molar-refractivity contribution in [3.63, 3.8) is 0 Å². The molecule has 2 aliphatic rings. The summed E-state index contributed by atoms with van der Waals surface area (Å²) in [6.45, 7) is 3.07. The molecule has 9 nitrogen and oxygen atoms in total. The zero-order valence-corrected chi connectivity index (χ0v) is 23.1. The van der Waals surface area contributed by atoms with E-state index in [1.54, 1.807) is 17.0 Å². The smallest absolute Gasteiger partial charge is 0.301 e. The number of morpholine rings is 1. The van der Waals surface area contributed by atoms with E-state index in [9.17, 15) is 14.4 Å². The largest absolute Gasteiger partial charge is 0.378 e. The van der Waals surface area contributed by atoms with Crippen molar-refractivity contribution in [3.8, 4) is 22.4 Å². The quantitative estimate of drug-likeness (QED) is 0.286. The summed E-state index contributed by atoms with van der Waals surface area (Å²) in [6.07, 6.45) is 1.85. The van der Waals surface area contributed by atoms with Gasteiger partial charge in [-0.2, -0.15) is 0 Å². The molecule has 0 unspecified atom stereocenters. The van der Waals surface area contributed by atoms with Crippen molar-refractivity contribution in [1.29, 1.82) is 0 Å². The summed E-state index contributed by atoms with van der Waals surface area (Å²) in [5, 5.41) is 5.92. The molecule has 2 amide bonds. The monoisotopic (exact) mass is 567 g/mol. The first-order valence-electron chi connectivity index (χ1n) is 13.5. The lowest BCUT2D eigenvalue weighted by Crippen LogP contribution is -2.40. The van der Waals surface area contributed by atoms with Crippen LogP contribution in [0.25, 0.3) is 22.4 Å². The Kier molecular flexibility index (Phi) is 7.95. The molecular weight excluding hydrogens is 538 g/mol. The average molecular weight is 568 g/mol. The van der Waals surface area contributed by atoms with Crippen molar-refractivity contribution in [2.45, 2.75) is 12.6 Å². The Labute approximate surface area is 241 Å². The predicted molar refractivity (Wildman–Crippen MR) is 158 cm³/mol. The maximum Gasteiger partial charge on any atom is 0.301 e. The van der Waals surface area contributed by atoms with Crippen LogP contribution >= 0.6 is 11.8 Å². The van der Waals surface area contributed by atoms with Crippen molar-refractivity contribution in [2.24, 2.45) is 0 Å². The average Bonchev–Trinajstić information content (AvgIpc) is 3.52. The highest BCUT2D eigenvalue weighted by molar-refractivity contribution is 8.15.